The Hall–Kier alpha value is -4.38. The summed E-state index contributed by atoms with van der Waals surface area (Å²) in [5, 5.41) is 21.3. The monoisotopic (exact) mass is 606 g/mol. The van der Waals surface area contributed by atoms with Crippen molar-refractivity contribution in [3.8, 4) is 17.8 Å². The summed E-state index contributed by atoms with van der Waals surface area (Å²) in [6, 6.07) is 14.0. The molecule has 2 aliphatic heterocycles. The van der Waals surface area contributed by atoms with Gasteiger partial charge in [0.2, 0.25) is 0 Å². The number of nitrogens with zero attached hydrogens (tertiary/aromatic N) is 6. The molecule has 2 aliphatic rings. The summed E-state index contributed by atoms with van der Waals surface area (Å²) in [6.45, 7) is 4.17. The molecule has 13 nitrogen and oxygen atoms in total. The Labute approximate surface area is 256 Å². The van der Waals surface area contributed by atoms with Crippen molar-refractivity contribution in [1.82, 2.24) is 14.9 Å². The highest BCUT2D eigenvalue weighted by atomic mass is 16.7. The van der Waals surface area contributed by atoms with Gasteiger partial charge in [0, 0.05) is 70.2 Å². The van der Waals surface area contributed by atoms with E-state index in [-0.39, 0.29) is 25.8 Å². The number of ether oxygens (including phenoxy) is 5. The zero-order valence-corrected chi connectivity index (χ0v) is 25.4. The number of hydrogen-bond acceptors (Lipinski definition) is 11. The van der Waals surface area contributed by atoms with Crippen LogP contribution in [0.25, 0.3) is 10.8 Å². The van der Waals surface area contributed by atoms with E-state index in [2.05, 4.69) is 23.1 Å². The summed E-state index contributed by atoms with van der Waals surface area (Å²) in [6.07, 6.45) is -1.43. The minimum Gasteiger partial charge on any atom is -0.467 e. The summed E-state index contributed by atoms with van der Waals surface area (Å²) in [5.41, 5.74) is 2.80. The molecule has 1 aromatic heterocycles. The van der Waals surface area contributed by atoms with Gasteiger partial charge < -0.3 is 43.5 Å². The van der Waals surface area contributed by atoms with E-state index in [1.54, 1.807) is 7.11 Å². The van der Waals surface area contributed by atoms with E-state index in [0.717, 1.165) is 27.7 Å². The number of carboxylic acid groups (broad SMARTS) is 1. The first kappa shape index (κ1) is 31.1. The highest BCUT2D eigenvalue weighted by molar-refractivity contribution is 5.95. The predicted molar refractivity (Wildman–Crippen MR) is 162 cm³/mol. The zero-order valence-electron chi connectivity index (χ0n) is 25.4. The maximum atomic E-state index is 11.9. The van der Waals surface area contributed by atoms with Crippen LogP contribution in [0.15, 0.2) is 36.4 Å². The number of rotatable bonds is 11. The summed E-state index contributed by atoms with van der Waals surface area (Å²) >= 11 is 0. The molecule has 1 amide bonds. The van der Waals surface area contributed by atoms with Gasteiger partial charge in [0.05, 0.1) is 30.8 Å². The Kier molecular flexibility index (Phi) is 9.84. The molecule has 3 heterocycles. The van der Waals surface area contributed by atoms with Gasteiger partial charge in [-0.05, 0) is 24.8 Å². The van der Waals surface area contributed by atoms with Crippen molar-refractivity contribution in [3.63, 3.8) is 0 Å². The van der Waals surface area contributed by atoms with Crippen LogP contribution in [0.5, 0.6) is 11.8 Å². The van der Waals surface area contributed by atoms with Crippen molar-refractivity contribution in [2.45, 2.75) is 44.7 Å². The Bertz CT molecular complexity index is 1510. The SMILES string of the molecule is COCOc1cc(N2CCc3c(nc(OC(C)C(OC)OC)nc3N3CCN(C(=O)O)[C@@H](CC#N)C3)C2)c2ccccc2c1. The maximum absolute atomic E-state index is 11.9. The number of hydrogen-bond donors (Lipinski definition) is 1. The van der Waals surface area contributed by atoms with Crippen LogP contribution in [-0.4, -0.2) is 98.8 Å². The second kappa shape index (κ2) is 13.9. The third-order valence-electron chi connectivity index (χ3n) is 8.01. The standard InChI is InChI=1S/C31H38N6O7/c1-20(29(41-3)42-4)44-30-33-26-18-35(27-16-23(43-19-40-2)15-21-7-5-6-8-24(21)27)12-10-25(26)28(34-30)36-13-14-37(31(38)39)22(17-36)9-11-32/h5-8,15-16,20,22,29H,9-10,12-14,17-19H2,1-4H3,(H,38,39)/t20?,22-/m0/s1. The number of carbonyl (C=O) groups is 1. The number of fused-ring (bicyclic) bond motifs is 2. The molecule has 5 rings (SSSR count). The molecule has 1 fully saturated rings. The smallest absolute Gasteiger partial charge is 0.407 e. The number of piperazine rings is 1. The normalized spacial score (nSPS) is 17.4. The third-order valence-corrected chi connectivity index (χ3v) is 8.01. The average molecular weight is 607 g/mol. The van der Waals surface area contributed by atoms with Crippen LogP contribution in [0.1, 0.15) is 24.6 Å². The van der Waals surface area contributed by atoms with Gasteiger partial charge in [0.1, 0.15) is 17.7 Å². The predicted octanol–water partition coefficient (Wildman–Crippen LogP) is 3.64. The molecule has 2 aromatic carbocycles. The van der Waals surface area contributed by atoms with Gasteiger partial charge >= 0.3 is 12.1 Å². The summed E-state index contributed by atoms with van der Waals surface area (Å²) < 4.78 is 27.9. The second-order valence-electron chi connectivity index (χ2n) is 10.7. The van der Waals surface area contributed by atoms with Gasteiger partial charge in [-0.15, -0.1) is 0 Å². The molecule has 0 spiro atoms. The molecular formula is C31H38N6O7. The quantitative estimate of drug-likeness (QED) is 0.318. The largest absolute Gasteiger partial charge is 0.467 e. The Morgan fingerprint density at radius 3 is 2.64 bits per heavy atom. The highest BCUT2D eigenvalue weighted by Gasteiger charge is 2.34. The Morgan fingerprint density at radius 1 is 1.11 bits per heavy atom. The molecule has 234 valence electrons. The molecule has 2 atom stereocenters. The number of methoxy groups -OCH3 is 3. The molecule has 0 aliphatic carbocycles. The van der Waals surface area contributed by atoms with E-state index in [1.807, 2.05) is 36.1 Å². The van der Waals surface area contributed by atoms with Crippen molar-refractivity contribution in [1.29, 1.82) is 5.26 Å². The van der Waals surface area contributed by atoms with E-state index in [4.69, 9.17) is 33.7 Å². The number of nitriles is 1. The number of aromatic nitrogens is 2. The minimum atomic E-state index is -1.03. The van der Waals surface area contributed by atoms with Crippen molar-refractivity contribution in [2.24, 2.45) is 0 Å². The lowest BCUT2D eigenvalue weighted by molar-refractivity contribution is -0.152. The number of benzene rings is 2. The van der Waals surface area contributed by atoms with E-state index >= 15 is 0 Å². The molecular weight excluding hydrogens is 568 g/mol. The molecule has 1 saturated heterocycles. The van der Waals surface area contributed by atoms with Gasteiger partial charge in [-0.1, -0.05) is 24.3 Å². The zero-order chi connectivity index (χ0) is 31.2. The van der Waals surface area contributed by atoms with Gasteiger partial charge in [-0.2, -0.15) is 15.2 Å². The van der Waals surface area contributed by atoms with Crippen molar-refractivity contribution < 1.29 is 33.6 Å². The molecule has 1 unspecified atom stereocenters. The maximum Gasteiger partial charge on any atom is 0.407 e. The van der Waals surface area contributed by atoms with Crippen LogP contribution in [0.4, 0.5) is 16.3 Å². The molecule has 44 heavy (non-hydrogen) atoms. The van der Waals surface area contributed by atoms with Crippen LogP contribution in [0.3, 0.4) is 0 Å². The minimum absolute atomic E-state index is 0.0855. The molecule has 0 saturated carbocycles. The summed E-state index contributed by atoms with van der Waals surface area (Å²) in [4.78, 5) is 27.2. The second-order valence-corrected chi connectivity index (χ2v) is 10.7. The average Bonchev–Trinajstić information content (AvgIpc) is 3.03. The first-order valence-corrected chi connectivity index (χ1v) is 14.5. The van der Waals surface area contributed by atoms with E-state index in [1.165, 1.54) is 19.1 Å². The van der Waals surface area contributed by atoms with Crippen LogP contribution < -0.4 is 19.3 Å². The van der Waals surface area contributed by atoms with Crippen LogP contribution in [0, 0.1) is 11.3 Å². The van der Waals surface area contributed by atoms with E-state index < -0.39 is 24.5 Å². The van der Waals surface area contributed by atoms with Crippen LogP contribution in [0.2, 0.25) is 0 Å². The van der Waals surface area contributed by atoms with Crippen molar-refractivity contribution in [3.05, 3.63) is 47.7 Å². The summed E-state index contributed by atoms with van der Waals surface area (Å²) in [7, 11) is 4.67. The van der Waals surface area contributed by atoms with Crippen molar-refractivity contribution >= 4 is 28.4 Å². The van der Waals surface area contributed by atoms with E-state index in [9.17, 15) is 15.2 Å². The lowest BCUT2D eigenvalue weighted by atomic mass is 10.0. The molecule has 0 bridgehead atoms. The fourth-order valence-corrected chi connectivity index (χ4v) is 5.92. The van der Waals surface area contributed by atoms with Gasteiger partial charge in [0.15, 0.2) is 13.1 Å². The summed E-state index contributed by atoms with van der Waals surface area (Å²) in [5.74, 6) is 1.40. The first-order valence-electron chi connectivity index (χ1n) is 14.5. The van der Waals surface area contributed by atoms with Gasteiger partial charge in [-0.25, -0.2) is 4.79 Å². The van der Waals surface area contributed by atoms with Crippen molar-refractivity contribution in [2.75, 3.05) is 64.1 Å². The Balaban J connectivity index is 1.53. The fraction of sp³-hybridized carbons (Fsp3) is 0.484. The van der Waals surface area contributed by atoms with E-state index in [0.29, 0.717) is 44.2 Å². The first-order chi connectivity index (χ1) is 21.4. The molecule has 3 aromatic rings. The highest BCUT2D eigenvalue weighted by Crippen LogP contribution is 2.37. The number of anilines is 2. The number of amides is 1. The lowest BCUT2D eigenvalue weighted by Gasteiger charge is -2.41. The van der Waals surface area contributed by atoms with Crippen LogP contribution in [-0.2, 0) is 27.2 Å². The molecule has 0 radical (unpaired) electrons. The Morgan fingerprint density at radius 2 is 1.91 bits per heavy atom. The lowest BCUT2D eigenvalue weighted by Crippen LogP contribution is -2.55. The third kappa shape index (κ3) is 6.57. The fourth-order valence-electron chi connectivity index (χ4n) is 5.92. The molecule has 13 heteroatoms. The van der Waals surface area contributed by atoms with Gasteiger partial charge in [-0.3, -0.25) is 0 Å². The molecule has 1 N–H and O–H groups in total. The van der Waals surface area contributed by atoms with Crippen LogP contribution >= 0.6 is 0 Å². The topological polar surface area (TPSA) is 143 Å². The van der Waals surface area contributed by atoms with Gasteiger partial charge in [0.25, 0.3) is 0 Å².